The smallest absolute Gasteiger partial charge is 0.145 e. The Hall–Kier alpha value is -0.320. The third-order valence-corrected chi connectivity index (χ3v) is 3.21. The number of hydrogen-bond donors (Lipinski definition) is 1. The zero-order chi connectivity index (χ0) is 13.7. The Labute approximate surface area is 123 Å². The van der Waals surface area contributed by atoms with Crippen molar-refractivity contribution in [1.29, 1.82) is 0 Å². The second kappa shape index (κ2) is 7.31. The van der Waals surface area contributed by atoms with Crippen LogP contribution in [0.3, 0.4) is 0 Å². The van der Waals surface area contributed by atoms with E-state index in [0.717, 1.165) is 23.3 Å². The third kappa shape index (κ3) is 5.55. The van der Waals surface area contributed by atoms with E-state index in [4.69, 9.17) is 11.6 Å². The van der Waals surface area contributed by atoms with Crippen LogP contribution in [0.25, 0.3) is 0 Å². The van der Waals surface area contributed by atoms with E-state index in [1.54, 1.807) is 6.20 Å². The molecule has 0 radical (unpaired) electrons. The van der Waals surface area contributed by atoms with Gasteiger partial charge in [0.05, 0.1) is 5.02 Å². The molecule has 0 saturated heterocycles. The maximum Gasteiger partial charge on any atom is 0.145 e. The van der Waals surface area contributed by atoms with Gasteiger partial charge in [0.1, 0.15) is 5.82 Å². The van der Waals surface area contributed by atoms with Gasteiger partial charge in [-0.25, -0.2) is 4.98 Å². The maximum atomic E-state index is 6.18. The minimum atomic E-state index is 0.353. The molecule has 0 spiro atoms. The molecule has 0 bridgehead atoms. The molecular weight excluding hydrogens is 314 g/mol. The first-order valence-electron chi connectivity index (χ1n) is 6.10. The summed E-state index contributed by atoms with van der Waals surface area (Å²) in [7, 11) is 4.15. The van der Waals surface area contributed by atoms with E-state index < -0.39 is 0 Å². The van der Waals surface area contributed by atoms with Crippen molar-refractivity contribution in [2.75, 3.05) is 26.0 Å². The van der Waals surface area contributed by atoms with Gasteiger partial charge in [0, 0.05) is 23.3 Å². The Kier molecular flexibility index (Phi) is 6.39. The normalized spacial score (nSPS) is 13.1. The second-order valence-corrected chi connectivity index (χ2v) is 6.54. The lowest BCUT2D eigenvalue weighted by atomic mass is 10.0. The molecule has 1 atom stereocenters. The molecule has 0 amide bonds. The van der Waals surface area contributed by atoms with Gasteiger partial charge >= 0.3 is 0 Å². The topological polar surface area (TPSA) is 28.2 Å². The molecular formula is C13H21BrClN3. The molecule has 1 unspecified atom stereocenters. The van der Waals surface area contributed by atoms with Gasteiger partial charge in [-0.2, -0.15) is 0 Å². The summed E-state index contributed by atoms with van der Waals surface area (Å²) >= 11 is 9.54. The largest absolute Gasteiger partial charge is 0.365 e. The molecule has 0 fully saturated rings. The fraction of sp³-hybridized carbons (Fsp3) is 0.615. The molecule has 1 aromatic rings. The SMILES string of the molecule is CC(C)CC(CN(C)C)Nc1ncc(Br)cc1Cl. The van der Waals surface area contributed by atoms with Crippen LogP contribution in [0.15, 0.2) is 16.7 Å². The van der Waals surface area contributed by atoms with Gasteiger partial charge < -0.3 is 10.2 Å². The highest BCUT2D eigenvalue weighted by Crippen LogP contribution is 2.24. The van der Waals surface area contributed by atoms with Crippen molar-refractivity contribution in [3.8, 4) is 0 Å². The van der Waals surface area contributed by atoms with Gasteiger partial charge in [-0.05, 0) is 48.4 Å². The molecule has 5 heteroatoms. The minimum Gasteiger partial charge on any atom is -0.365 e. The number of nitrogens with one attached hydrogen (secondary N) is 1. The fourth-order valence-corrected chi connectivity index (χ4v) is 2.59. The Bertz CT molecular complexity index is 372. The van der Waals surface area contributed by atoms with E-state index in [-0.39, 0.29) is 0 Å². The highest BCUT2D eigenvalue weighted by Gasteiger charge is 2.14. The molecule has 3 nitrogen and oxygen atoms in total. The van der Waals surface area contributed by atoms with Crippen LogP contribution < -0.4 is 5.32 Å². The monoisotopic (exact) mass is 333 g/mol. The summed E-state index contributed by atoms with van der Waals surface area (Å²) in [6.07, 6.45) is 2.85. The van der Waals surface area contributed by atoms with Crippen LogP contribution >= 0.6 is 27.5 Å². The van der Waals surface area contributed by atoms with E-state index in [9.17, 15) is 0 Å². The molecule has 1 N–H and O–H groups in total. The van der Waals surface area contributed by atoms with Crippen LogP contribution in [0.4, 0.5) is 5.82 Å². The minimum absolute atomic E-state index is 0.353. The first-order valence-corrected chi connectivity index (χ1v) is 7.28. The number of nitrogens with zero attached hydrogens (tertiary/aromatic N) is 2. The van der Waals surface area contributed by atoms with E-state index >= 15 is 0 Å². The average Bonchev–Trinajstić information content (AvgIpc) is 2.20. The molecule has 18 heavy (non-hydrogen) atoms. The first kappa shape index (κ1) is 15.7. The molecule has 0 aliphatic heterocycles. The number of hydrogen-bond acceptors (Lipinski definition) is 3. The zero-order valence-electron chi connectivity index (χ0n) is 11.4. The standard InChI is InChI=1S/C13H21BrClN3/c1-9(2)5-11(8-18(3)4)17-13-12(15)6-10(14)7-16-13/h6-7,9,11H,5,8H2,1-4H3,(H,16,17). The number of pyridine rings is 1. The van der Waals surface area contributed by atoms with Gasteiger partial charge in [0.2, 0.25) is 0 Å². The quantitative estimate of drug-likeness (QED) is 0.855. The lowest BCUT2D eigenvalue weighted by Crippen LogP contribution is -2.33. The van der Waals surface area contributed by atoms with Crippen molar-refractivity contribution >= 4 is 33.3 Å². The van der Waals surface area contributed by atoms with E-state index in [2.05, 4.69) is 59.1 Å². The van der Waals surface area contributed by atoms with Gasteiger partial charge in [0.25, 0.3) is 0 Å². The van der Waals surface area contributed by atoms with Gasteiger partial charge in [-0.15, -0.1) is 0 Å². The lowest BCUT2D eigenvalue weighted by molar-refractivity contribution is 0.356. The van der Waals surface area contributed by atoms with Crippen LogP contribution in [-0.2, 0) is 0 Å². The number of halogens is 2. The van der Waals surface area contributed by atoms with E-state index in [1.165, 1.54) is 0 Å². The second-order valence-electron chi connectivity index (χ2n) is 5.22. The Morgan fingerprint density at radius 2 is 2.11 bits per heavy atom. The summed E-state index contributed by atoms with van der Waals surface area (Å²) in [6, 6.07) is 2.21. The van der Waals surface area contributed by atoms with Crippen molar-refractivity contribution in [1.82, 2.24) is 9.88 Å². The molecule has 0 aliphatic carbocycles. The van der Waals surface area contributed by atoms with Crippen LogP contribution in [0.1, 0.15) is 20.3 Å². The number of rotatable bonds is 6. The van der Waals surface area contributed by atoms with Crippen LogP contribution in [0, 0.1) is 5.92 Å². The molecule has 1 heterocycles. The van der Waals surface area contributed by atoms with Crippen molar-refractivity contribution in [2.45, 2.75) is 26.3 Å². The summed E-state index contributed by atoms with van der Waals surface area (Å²) in [5.74, 6) is 1.39. The predicted octanol–water partition coefficient (Wildman–Crippen LogP) is 3.89. The number of anilines is 1. The van der Waals surface area contributed by atoms with E-state index in [0.29, 0.717) is 17.0 Å². The highest BCUT2D eigenvalue weighted by atomic mass is 79.9. The summed E-state index contributed by atoms with van der Waals surface area (Å²) in [5, 5.41) is 4.08. The molecule has 0 aliphatic rings. The first-order chi connectivity index (χ1) is 8.38. The van der Waals surface area contributed by atoms with Crippen LogP contribution in [0.2, 0.25) is 5.02 Å². The Balaban J connectivity index is 2.75. The average molecular weight is 335 g/mol. The van der Waals surface area contributed by atoms with Gasteiger partial charge in [-0.3, -0.25) is 0 Å². The summed E-state index contributed by atoms with van der Waals surface area (Å²) in [4.78, 5) is 6.50. The summed E-state index contributed by atoms with van der Waals surface area (Å²) < 4.78 is 0.895. The zero-order valence-corrected chi connectivity index (χ0v) is 13.7. The molecule has 102 valence electrons. The number of aromatic nitrogens is 1. The van der Waals surface area contributed by atoms with Crippen molar-refractivity contribution in [3.05, 3.63) is 21.8 Å². The molecule has 1 rings (SSSR count). The molecule has 0 saturated carbocycles. The predicted molar refractivity (Wildman–Crippen MR) is 82.4 cm³/mol. The maximum absolute atomic E-state index is 6.18. The van der Waals surface area contributed by atoms with Crippen LogP contribution in [0.5, 0.6) is 0 Å². The summed E-state index contributed by atoms with van der Waals surface area (Å²) in [5.41, 5.74) is 0. The Morgan fingerprint density at radius 1 is 1.44 bits per heavy atom. The third-order valence-electron chi connectivity index (χ3n) is 2.49. The molecule has 1 aromatic heterocycles. The summed E-state index contributed by atoms with van der Waals surface area (Å²) in [6.45, 7) is 5.41. The van der Waals surface area contributed by atoms with E-state index in [1.807, 2.05) is 6.07 Å². The number of likely N-dealkylation sites (N-methyl/N-ethyl adjacent to an activating group) is 1. The lowest BCUT2D eigenvalue weighted by Gasteiger charge is -2.24. The van der Waals surface area contributed by atoms with Gasteiger partial charge in [-0.1, -0.05) is 25.4 Å². The fourth-order valence-electron chi connectivity index (χ4n) is 1.90. The highest BCUT2D eigenvalue weighted by molar-refractivity contribution is 9.10. The van der Waals surface area contributed by atoms with Crippen LogP contribution in [-0.4, -0.2) is 36.6 Å². The van der Waals surface area contributed by atoms with Gasteiger partial charge in [0.15, 0.2) is 0 Å². The Morgan fingerprint density at radius 3 is 2.61 bits per heavy atom. The van der Waals surface area contributed by atoms with Crippen molar-refractivity contribution in [2.24, 2.45) is 5.92 Å². The van der Waals surface area contributed by atoms with Crippen molar-refractivity contribution < 1.29 is 0 Å². The van der Waals surface area contributed by atoms with Crippen molar-refractivity contribution in [3.63, 3.8) is 0 Å². The molecule has 0 aromatic carbocycles.